The van der Waals surface area contributed by atoms with Crippen molar-refractivity contribution >= 4 is 17.5 Å². The Bertz CT molecular complexity index is 654. The third-order valence-corrected chi connectivity index (χ3v) is 3.35. The van der Waals surface area contributed by atoms with Crippen LogP contribution in [0.4, 0.5) is 0 Å². The fourth-order valence-corrected chi connectivity index (χ4v) is 2.20. The maximum atomic E-state index is 12.0. The van der Waals surface area contributed by atoms with Gasteiger partial charge in [-0.25, -0.2) is 0 Å². The predicted octanol–water partition coefficient (Wildman–Crippen LogP) is 2.89. The average Bonchev–Trinajstić information content (AvgIpc) is 3.05. The van der Waals surface area contributed by atoms with Gasteiger partial charge in [0.05, 0.1) is 11.1 Å². The third kappa shape index (κ3) is 2.44. The van der Waals surface area contributed by atoms with Crippen LogP contribution >= 0.6 is 11.6 Å². The van der Waals surface area contributed by atoms with Crippen LogP contribution in [0, 0.1) is 0 Å². The standard InChI is InChI=1S/C14H13ClN2O3/c1-8(17-14(18)11-5-10(15)6-16-11)9-2-3-12-13(4-9)20-7-19-12/h2-6,8,16H,7H2,1H3,(H,17,18). The summed E-state index contributed by atoms with van der Waals surface area (Å²) in [5.74, 6) is 1.22. The second-order valence-electron chi connectivity index (χ2n) is 4.54. The van der Waals surface area contributed by atoms with Crippen molar-refractivity contribution in [1.82, 2.24) is 10.3 Å². The number of hydrogen-bond acceptors (Lipinski definition) is 3. The Balaban J connectivity index is 1.73. The first kappa shape index (κ1) is 12.9. The molecule has 0 fully saturated rings. The third-order valence-electron chi connectivity index (χ3n) is 3.14. The fourth-order valence-electron chi connectivity index (χ4n) is 2.04. The first-order chi connectivity index (χ1) is 9.63. The normalized spacial score (nSPS) is 14.1. The molecule has 1 amide bonds. The Hall–Kier alpha value is -2.14. The summed E-state index contributed by atoms with van der Waals surface area (Å²) in [6, 6.07) is 7.04. The van der Waals surface area contributed by atoms with Gasteiger partial charge in [0.2, 0.25) is 6.79 Å². The zero-order valence-corrected chi connectivity index (χ0v) is 11.5. The summed E-state index contributed by atoms with van der Waals surface area (Å²) in [6.45, 7) is 2.14. The lowest BCUT2D eigenvalue weighted by Crippen LogP contribution is -2.26. The highest BCUT2D eigenvalue weighted by Gasteiger charge is 2.17. The highest BCUT2D eigenvalue weighted by atomic mass is 35.5. The lowest BCUT2D eigenvalue weighted by molar-refractivity contribution is 0.0935. The predicted molar refractivity (Wildman–Crippen MR) is 74.2 cm³/mol. The maximum absolute atomic E-state index is 12.0. The summed E-state index contributed by atoms with van der Waals surface area (Å²) in [4.78, 5) is 14.8. The lowest BCUT2D eigenvalue weighted by atomic mass is 10.1. The smallest absolute Gasteiger partial charge is 0.268 e. The summed E-state index contributed by atoms with van der Waals surface area (Å²) in [7, 11) is 0. The van der Waals surface area contributed by atoms with Gasteiger partial charge in [0.25, 0.3) is 5.91 Å². The molecule has 1 atom stereocenters. The SMILES string of the molecule is CC(NC(=O)c1cc(Cl)c[nH]1)c1ccc2c(c1)OCO2. The van der Waals surface area contributed by atoms with Crippen molar-refractivity contribution in [3.63, 3.8) is 0 Å². The van der Waals surface area contributed by atoms with E-state index in [0.717, 1.165) is 11.3 Å². The van der Waals surface area contributed by atoms with Crippen molar-refractivity contribution in [2.45, 2.75) is 13.0 Å². The van der Waals surface area contributed by atoms with Gasteiger partial charge in [-0.15, -0.1) is 0 Å². The molecule has 0 bridgehead atoms. The van der Waals surface area contributed by atoms with Gasteiger partial charge >= 0.3 is 0 Å². The van der Waals surface area contributed by atoms with Crippen LogP contribution in [0.25, 0.3) is 0 Å². The number of aromatic amines is 1. The number of carbonyl (C=O) groups is 1. The van der Waals surface area contributed by atoms with Crippen LogP contribution in [-0.4, -0.2) is 17.7 Å². The molecule has 2 heterocycles. The van der Waals surface area contributed by atoms with Crippen LogP contribution in [0.15, 0.2) is 30.5 Å². The summed E-state index contributed by atoms with van der Waals surface area (Å²) >= 11 is 5.78. The number of amides is 1. The molecular weight excluding hydrogens is 280 g/mol. The minimum Gasteiger partial charge on any atom is -0.454 e. The van der Waals surface area contributed by atoms with Gasteiger partial charge in [-0.2, -0.15) is 0 Å². The molecule has 5 nitrogen and oxygen atoms in total. The molecule has 20 heavy (non-hydrogen) atoms. The van der Waals surface area contributed by atoms with E-state index in [1.54, 1.807) is 12.3 Å². The van der Waals surface area contributed by atoms with E-state index in [9.17, 15) is 4.79 Å². The van der Waals surface area contributed by atoms with Gasteiger partial charge in [0.1, 0.15) is 5.69 Å². The van der Waals surface area contributed by atoms with Gasteiger partial charge in [0.15, 0.2) is 11.5 Å². The lowest BCUT2D eigenvalue weighted by Gasteiger charge is -2.14. The van der Waals surface area contributed by atoms with Crippen molar-refractivity contribution in [2.24, 2.45) is 0 Å². The number of nitrogens with one attached hydrogen (secondary N) is 2. The molecule has 0 aliphatic carbocycles. The molecule has 6 heteroatoms. The van der Waals surface area contributed by atoms with Gasteiger partial charge in [-0.1, -0.05) is 17.7 Å². The van der Waals surface area contributed by atoms with Crippen LogP contribution in [0.5, 0.6) is 11.5 Å². The maximum Gasteiger partial charge on any atom is 0.268 e. The number of halogens is 1. The molecule has 0 spiro atoms. The molecule has 3 rings (SSSR count). The van der Waals surface area contributed by atoms with E-state index < -0.39 is 0 Å². The van der Waals surface area contributed by atoms with Crippen LogP contribution in [0.1, 0.15) is 29.0 Å². The summed E-state index contributed by atoms with van der Waals surface area (Å²) in [5, 5.41) is 3.40. The van der Waals surface area contributed by atoms with Crippen LogP contribution < -0.4 is 14.8 Å². The largest absolute Gasteiger partial charge is 0.454 e. The highest BCUT2D eigenvalue weighted by molar-refractivity contribution is 6.30. The number of rotatable bonds is 3. The van der Waals surface area contributed by atoms with Crippen molar-refractivity contribution < 1.29 is 14.3 Å². The molecule has 1 aliphatic rings. The quantitative estimate of drug-likeness (QED) is 0.914. The van der Waals surface area contributed by atoms with Crippen LogP contribution in [0.3, 0.4) is 0 Å². The summed E-state index contributed by atoms with van der Waals surface area (Å²) < 4.78 is 10.6. The Labute approximate surface area is 120 Å². The Kier molecular flexibility index (Phi) is 3.28. The highest BCUT2D eigenvalue weighted by Crippen LogP contribution is 2.34. The topological polar surface area (TPSA) is 63.4 Å². The van der Waals surface area contributed by atoms with Gasteiger partial charge in [-0.05, 0) is 30.7 Å². The van der Waals surface area contributed by atoms with E-state index in [1.165, 1.54) is 0 Å². The van der Waals surface area contributed by atoms with Crippen molar-refractivity contribution in [3.8, 4) is 11.5 Å². The number of ether oxygens (including phenoxy) is 2. The Morgan fingerprint density at radius 3 is 2.90 bits per heavy atom. The molecule has 1 aromatic carbocycles. The molecular formula is C14H13ClN2O3. The number of benzene rings is 1. The second-order valence-corrected chi connectivity index (χ2v) is 4.98. The van der Waals surface area contributed by atoms with E-state index in [2.05, 4.69) is 10.3 Å². The van der Waals surface area contributed by atoms with E-state index >= 15 is 0 Å². The number of H-pyrrole nitrogens is 1. The van der Waals surface area contributed by atoms with E-state index in [4.69, 9.17) is 21.1 Å². The van der Waals surface area contributed by atoms with Crippen molar-refractivity contribution in [1.29, 1.82) is 0 Å². The molecule has 0 saturated heterocycles. The Morgan fingerprint density at radius 1 is 1.35 bits per heavy atom. The average molecular weight is 293 g/mol. The first-order valence-corrected chi connectivity index (χ1v) is 6.55. The van der Waals surface area contributed by atoms with Crippen molar-refractivity contribution in [3.05, 3.63) is 46.7 Å². The molecule has 0 radical (unpaired) electrons. The number of hydrogen-bond donors (Lipinski definition) is 2. The van der Waals surface area contributed by atoms with Gasteiger partial charge in [-0.3, -0.25) is 4.79 Å². The molecule has 0 saturated carbocycles. The van der Waals surface area contributed by atoms with E-state index in [1.807, 2.05) is 25.1 Å². The van der Waals surface area contributed by atoms with E-state index in [0.29, 0.717) is 16.5 Å². The molecule has 1 aliphatic heterocycles. The van der Waals surface area contributed by atoms with E-state index in [-0.39, 0.29) is 18.7 Å². The minimum atomic E-state index is -0.206. The van der Waals surface area contributed by atoms with Crippen LogP contribution in [-0.2, 0) is 0 Å². The molecule has 2 N–H and O–H groups in total. The zero-order chi connectivity index (χ0) is 14.1. The van der Waals surface area contributed by atoms with Crippen LogP contribution in [0.2, 0.25) is 5.02 Å². The molecule has 2 aromatic rings. The first-order valence-electron chi connectivity index (χ1n) is 6.18. The zero-order valence-electron chi connectivity index (χ0n) is 10.8. The summed E-state index contributed by atoms with van der Waals surface area (Å²) in [5.41, 5.74) is 1.38. The Morgan fingerprint density at radius 2 is 2.15 bits per heavy atom. The van der Waals surface area contributed by atoms with Crippen molar-refractivity contribution in [2.75, 3.05) is 6.79 Å². The van der Waals surface area contributed by atoms with Gasteiger partial charge < -0.3 is 19.8 Å². The molecule has 104 valence electrons. The molecule has 1 aromatic heterocycles. The number of fused-ring (bicyclic) bond motifs is 1. The monoisotopic (exact) mass is 292 g/mol. The number of carbonyl (C=O) groups excluding carboxylic acids is 1. The number of aromatic nitrogens is 1. The minimum absolute atomic E-state index is 0.154. The summed E-state index contributed by atoms with van der Waals surface area (Å²) in [6.07, 6.45) is 1.57. The van der Waals surface area contributed by atoms with Gasteiger partial charge in [0, 0.05) is 6.20 Å². The second kappa shape index (κ2) is 5.09. The fraction of sp³-hybridized carbons (Fsp3) is 0.214. The molecule has 1 unspecified atom stereocenters.